The Bertz CT molecular complexity index is 1080. The number of carbonyl (C=O) groups is 1. The quantitative estimate of drug-likeness (QED) is 0.511. The van der Waals surface area contributed by atoms with Gasteiger partial charge in [-0.25, -0.2) is 4.98 Å². The van der Waals surface area contributed by atoms with E-state index in [-0.39, 0.29) is 5.91 Å². The summed E-state index contributed by atoms with van der Waals surface area (Å²) in [5.74, 6) is 0.887. The van der Waals surface area contributed by atoms with E-state index in [0.29, 0.717) is 13.0 Å². The third kappa shape index (κ3) is 5.46. The Morgan fingerprint density at radius 2 is 2.00 bits per heavy atom. The van der Waals surface area contributed by atoms with E-state index in [4.69, 9.17) is 14.5 Å². The number of benzene rings is 2. The summed E-state index contributed by atoms with van der Waals surface area (Å²) >= 11 is 1.55. The molecule has 0 spiro atoms. The minimum atomic E-state index is 0.0879. The molecule has 0 unspecified atom stereocenters. The number of carbonyl (C=O) groups excluding carboxylic acids is 1. The second-order valence-electron chi connectivity index (χ2n) is 8.29. The van der Waals surface area contributed by atoms with Gasteiger partial charge in [-0.05, 0) is 49.6 Å². The SMILES string of the molecule is COc1ccc2nc(N(CCCN3CCOCC3)C(=O)Cc3ccc(C)cc3C)sc2c1. The van der Waals surface area contributed by atoms with Crippen molar-refractivity contribution in [3.8, 4) is 5.75 Å². The minimum Gasteiger partial charge on any atom is -0.497 e. The average molecular weight is 454 g/mol. The number of ether oxygens (including phenoxy) is 2. The molecule has 1 aliphatic heterocycles. The number of anilines is 1. The summed E-state index contributed by atoms with van der Waals surface area (Å²) in [7, 11) is 1.66. The highest BCUT2D eigenvalue weighted by Gasteiger charge is 2.21. The monoisotopic (exact) mass is 453 g/mol. The van der Waals surface area contributed by atoms with Gasteiger partial charge in [-0.2, -0.15) is 0 Å². The highest BCUT2D eigenvalue weighted by atomic mass is 32.1. The van der Waals surface area contributed by atoms with Crippen LogP contribution in [0.4, 0.5) is 5.13 Å². The Balaban J connectivity index is 1.54. The highest BCUT2D eigenvalue weighted by molar-refractivity contribution is 7.22. The summed E-state index contributed by atoms with van der Waals surface area (Å²) in [6.07, 6.45) is 1.28. The molecule has 32 heavy (non-hydrogen) atoms. The first-order chi connectivity index (χ1) is 15.5. The van der Waals surface area contributed by atoms with E-state index in [1.807, 2.05) is 23.1 Å². The van der Waals surface area contributed by atoms with E-state index in [9.17, 15) is 4.79 Å². The minimum absolute atomic E-state index is 0.0879. The van der Waals surface area contributed by atoms with Crippen LogP contribution >= 0.6 is 11.3 Å². The van der Waals surface area contributed by atoms with Crippen LogP contribution in [0.15, 0.2) is 36.4 Å². The predicted octanol–water partition coefficient (Wildman–Crippen LogP) is 4.22. The molecule has 0 radical (unpaired) electrons. The Labute approximate surface area is 193 Å². The van der Waals surface area contributed by atoms with Crippen LogP contribution < -0.4 is 9.64 Å². The Morgan fingerprint density at radius 3 is 2.75 bits per heavy atom. The Kier molecular flexibility index (Phi) is 7.40. The number of fused-ring (bicyclic) bond motifs is 1. The topological polar surface area (TPSA) is 54.9 Å². The first-order valence-electron chi connectivity index (χ1n) is 11.1. The summed E-state index contributed by atoms with van der Waals surface area (Å²) in [5.41, 5.74) is 4.33. The molecule has 1 saturated heterocycles. The lowest BCUT2D eigenvalue weighted by molar-refractivity contribution is -0.118. The van der Waals surface area contributed by atoms with Gasteiger partial charge in [0.25, 0.3) is 0 Å². The molecule has 2 aromatic carbocycles. The molecule has 1 aromatic heterocycles. The Morgan fingerprint density at radius 1 is 1.19 bits per heavy atom. The molecule has 1 fully saturated rings. The summed E-state index contributed by atoms with van der Waals surface area (Å²) in [4.78, 5) is 22.5. The van der Waals surface area contributed by atoms with Crippen molar-refractivity contribution < 1.29 is 14.3 Å². The summed E-state index contributed by atoms with van der Waals surface area (Å²) in [6.45, 7) is 9.24. The maximum absolute atomic E-state index is 13.5. The van der Waals surface area contributed by atoms with Gasteiger partial charge in [0.1, 0.15) is 5.75 Å². The number of rotatable bonds is 8. The van der Waals surface area contributed by atoms with Crippen LogP contribution in [0.1, 0.15) is 23.1 Å². The average Bonchev–Trinajstić information content (AvgIpc) is 3.22. The zero-order valence-corrected chi connectivity index (χ0v) is 19.9. The van der Waals surface area contributed by atoms with Crippen LogP contribution in [0.3, 0.4) is 0 Å². The van der Waals surface area contributed by atoms with Crippen molar-refractivity contribution in [2.24, 2.45) is 0 Å². The van der Waals surface area contributed by atoms with Crippen LogP contribution in [-0.2, 0) is 16.0 Å². The van der Waals surface area contributed by atoms with Crippen LogP contribution in [0.25, 0.3) is 10.2 Å². The zero-order chi connectivity index (χ0) is 22.5. The number of thiazole rings is 1. The Hall–Kier alpha value is -2.48. The summed E-state index contributed by atoms with van der Waals surface area (Å²) in [6, 6.07) is 12.1. The molecule has 0 saturated carbocycles. The fourth-order valence-electron chi connectivity index (χ4n) is 4.04. The van der Waals surface area contributed by atoms with Gasteiger partial charge >= 0.3 is 0 Å². The van der Waals surface area contributed by atoms with E-state index in [1.165, 1.54) is 5.56 Å². The molecule has 0 bridgehead atoms. The largest absolute Gasteiger partial charge is 0.497 e. The van der Waals surface area contributed by atoms with Crippen LogP contribution in [0.5, 0.6) is 5.75 Å². The van der Waals surface area contributed by atoms with Gasteiger partial charge in [-0.15, -0.1) is 0 Å². The first kappa shape index (κ1) is 22.7. The van der Waals surface area contributed by atoms with Gasteiger partial charge in [0.05, 0.1) is 37.0 Å². The molecule has 0 atom stereocenters. The molecular weight excluding hydrogens is 422 g/mol. The zero-order valence-electron chi connectivity index (χ0n) is 19.1. The van der Waals surface area contributed by atoms with Gasteiger partial charge in [0, 0.05) is 26.2 Å². The second-order valence-corrected chi connectivity index (χ2v) is 9.30. The van der Waals surface area contributed by atoms with Crippen LogP contribution in [-0.4, -0.2) is 62.3 Å². The molecule has 1 aliphatic rings. The maximum Gasteiger partial charge on any atom is 0.233 e. The van der Waals surface area contributed by atoms with Crippen molar-refractivity contribution in [2.45, 2.75) is 26.7 Å². The van der Waals surface area contributed by atoms with E-state index in [1.54, 1.807) is 18.4 Å². The van der Waals surface area contributed by atoms with Crippen molar-refractivity contribution in [3.05, 3.63) is 53.1 Å². The second kappa shape index (κ2) is 10.4. The predicted molar refractivity (Wildman–Crippen MR) is 130 cm³/mol. The number of hydrogen-bond acceptors (Lipinski definition) is 6. The fourth-order valence-corrected chi connectivity index (χ4v) is 5.08. The maximum atomic E-state index is 13.5. The molecule has 1 amide bonds. The third-order valence-electron chi connectivity index (χ3n) is 5.92. The van der Waals surface area contributed by atoms with E-state index >= 15 is 0 Å². The van der Waals surface area contributed by atoms with Gasteiger partial charge < -0.3 is 9.47 Å². The third-order valence-corrected chi connectivity index (χ3v) is 6.96. The molecular formula is C25H31N3O3S. The number of methoxy groups -OCH3 is 1. The molecule has 0 aliphatic carbocycles. The number of hydrogen-bond donors (Lipinski definition) is 0. The van der Waals surface area contributed by atoms with Crippen molar-refractivity contribution >= 4 is 32.6 Å². The molecule has 2 heterocycles. The van der Waals surface area contributed by atoms with Gasteiger partial charge in [-0.1, -0.05) is 35.1 Å². The number of amides is 1. The van der Waals surface area contributed by atoms with E-state index in [0.717, 1.165) is 71.5 Å². The lowest BCUT2D eigenvalue weighted by Gasteiger charge is -2.27. The van der Waals surface area contributed by atoms with Crippen molar-refractivity contribution in [3.63, 3.8) is 0 Å². The molecule has 4 rings (SSSR count). The summed E-state index contributed by atoms with van der Waals surface area (Å²) in [5, 5.41) is 0.755. The van der Waals surface area contributed by atoms with Crippen LogP contribution in [0.2, 0.25) is 0 Å². The lowest BCUT2D eigenvalue weighted by atomic mass is 10.0. The molecule has 0 N–H and O–H groups in total. The number of aryl methyl sites for hydroxylation is 2. The summed E-state index contributed by atoms with van der Waals surface area (Å²) < 4.78 is 11.8. The number of nitrogens with zero attached hydrogens (tertiary/aromatic N) is 3. The smallest absolute Gasteiger partial charge is 0.233 e. The standard InChI is InChI=1S/C25H31N3O3S/c1-18-5-6-20(19(2)15-18)16-24(29)28(10-4-9-27-11-13-31-14-12-27)25-26-22-8-7-21(30-3)17-23(22)32-25/h5-8,15,17H,4,9-14,16H2,1-3H3. The van der Waals surface area contributed by atoms with Crippen molar-refractivity contribution in [1.29, 1.82) is 0 Å². The highest BCUT2D eigenvalue weighted by Crippen LogP contribution is 2.32. The van der Waals surface area contributed by atoms with Crippen molar-refractivity contribution in [1.82, 2.24) is 9.88 Å². The molecule has 170 valence electrons. The van der Waals surface area contributed by atoms with Gasteiger partial charge in [-0.3, -0.25) is 14.6 Å². The van der Waals surface area contributed by atoms with Gasteiger partial charge in [0.15, 0.2) is 5.13 Å². The van der Waals surface area contributed by atoms with E-state index < -0.39 is 0 Å². The number of aromatic nitrogens is 1. The first-order valence-corrected chi connectivity index (χ1v) is 12.0. The lowest BCUT2D eigenvalue weighted by Crippen LogP contribution is -2.39. The molecule has 6 nitrogen and oxygen atoms in total. The fraction of sp³-hybridized carbons (Fsp3) is 0.440. The van der Waals surface area contributed by atoms with Crippen LogP contribution in [0, 0.1) is 13.8 Å². The molecule has 3 aromatic rings. The number of morpholine rings is 1. The molecule has 7 heteroatoms. The normalized spacial score (nSPS) is 14.6. The van der Waals surface area contributed by atoms with Crippen molar-refractivity contribution in [2.75, 3.05) is 51.4 Å². The van der Waals surface area contributed by atoms with Gasteiger partial charge in [0.2, 0.25) is 5.91 Å². The van der Waals surface area contributed by atoms with E-state index in [2.05, 4.69) is 36.9 Å².